The number of halogens is 5. The van der Waals surface area contributed by atoms with Gasteiger partial charge in [-0.15, -0.1) is 0 Å². The van der Waals surface area contributed by atoms with Crippen molar-refractivity contribution in [2.24, 2.45) is 0 Å². The summed E-state index contributed by atoms with van der Waals surface area (Å²) in [5, 5.41) is 3.79. The predicted octanol–water partition coefficient (Wildman–Crippen LogP) is 5.81. The minimum atomic E-state index is -4.23. The number of hydrogen-bond donors (Lipinski definition) is 1. The fraction of sp³-hybridized carbons (Fsp3) is 0.381. The molecule has 1 heterocycles. The average molecular weight is 478 g/mol. The van der Waals surface area contributed by atoms with Crippen LogP contribution in [-0.2, 0) is 5.66 Å². The summed E-state index contributed by atoms with van der Waals surface area (Å²) in [4.78, 5) is 4.45. The molecule has 170 valence electrons. The SMILES string of the molecule is C/C=C(/COc1ccc(C(F)(F)P)cc1)NC(C)c1nc(C)ccc1PCC(F)(F)F. The fourth-order valence-corrected chi connectivity index (χ4v) is 3.98. The van der Waals surface area contributed by atoms with Gasteiger partial charge in [-0.3, -0.25) is 4.98 Å². The van der Waals surface area contributed by atoms with E-state index in [1.54, 1.807) is 32.1 Å². The van der Waals surface area contributed by atoms with Crippen molar-refractivity contribution in [3.05, 3.63) is 65.1 Å². The standard InChI is InChI=1S/C21H25F5N2OP2/c1-4-16(11-29-17-8-6-15(7-9-17)21(25,26)30)28-14(3)19-18(10-5-13(2)27-19)31-12-20(22,23)24/h4-10,14,28,31H,11-12,30H2,1-3H3/b16-4-. The normalized spacial score (nSPS) is 14.2. The van der Waals surface area contributed by atoms with Gasteiger partial charge in [0.25, 0.3) is 5.66 Å². The lowest BCUT2D eigenvalue weighted by molar-refractivity contribution is -0.105. The van der Waals surface area contributed by atoms with Gasteiger partial charge in [0.2, 0.25) is 0 Å². The highest BCUT2D eigenvalue weighted by atomic mass is 31.1. The Hall–Kier alpha value is -1.78. The van der Waals surface area contributed by atoms with Gasteiger partial charge in [0.05, 0.1) is 17.9 Å². The Bertz CT molecular complexity index is 896. The van der Waals surface area contributed by atoms with Gasteiger partial charge in [-0.05, 0) is 56.4 Å². The Labute approximate surface area is 182 Å². The summed E-state index contributed by atoms with van der Waals surface area (Å²) >= 11 is 0. The van der Waals surface area contributed by atoms with E-state index in [0.717, 1.165) is 0 Å². The average Bonchev–Trinajstić information content (AvgIpc) is 2.69. The molecule has 0 aliphatic carbocycles. The summed E-state index contributed by atoms with van der Waals surface area (Å²) in [6.45, 7) is 5.55. The molecule has 31 heavy (non-hydrogen) atoms. The Kier molecular flexibility index (Phi) is 8.79. The summed E-state index contributed by atoms with van der Waals surface area (Å²) in [5.41, 5.74) is -1.17. The second-order valence-corrected chi connectivity index (χ2v) is 8.94. The largest absolute Gasteiger partial charge is 0.487 e. The van der Waals surface area contributed by atoms with Crippen molar-refractivity contribution in [2.45, 2.75) is 38.7 Å². The molecule has 3 unspecified atom stereocenters. The molecular formula is C21H25F5N2OP2. The Morgan fingerprint density at radius 2 is 1.81 bits per heavy atom. The smallest absolute Gasteiger partial charge is 0.392 e. The topological polar surface area (TPSA) is 34.1 Å². The number of aryl methyl sites for hydroxylation is 1. The molecule has 0 aliphatic heterocycles. The van der Waals surface area contributed by atoms with Crippen LogP contribution in [0.5, 0.6) is 5.75 Å². The van der Waals surface area contributed by atoms with Gasteiger partial charge in [0, 0.05) is 17.0 Å². The number of aromatic nitrogens is 1. The molecule has 3 nitrogen and oxygen atoms in total. The maximum Gasteiger partial charge on any atom is 0.392 e. The molecule has 0 saturated heterocycles. The number of benzene rings is 1. The van der Waals surface area contributed by atoms with E-state index in [0.29, 0.717) is 28.1 Å². The number of allylic oxidation sites excluding steroid dienone is 1. The molecule has 3 atom stereocenters. The molecule has 0 bridgehead atoms. The van der Waals surface area contributed by atoms with E-state index >= 15 is 0 Å². The first kappa shape index (κ1) is 25.5. The number of rotatable bonds is 9. The second-order valence-electron chi connectivity index (χ2n) is 6.97. The molecule has 1 aromatic carbocycles. The third kappa shape index (κ3) is 8.34. The lowest BCUT2D eigenvalue weighted by atomic mass is 10.2. The zero-order chi connectivity index (χ0) is 23.2. The number of nitrogens with zero attached hydrogens (tertiary/aromatic N) is 1. The molecular weight excluding hydrogens is 453 g/mol. The molecule has 0 aliphatic rings. The molecule has 1 aromatic heterocycles. The molecule has 0 radical (unpaired) electrons. The molecule has 1 N–H and O–H groups in total. The summed E-state index contributed by atoms with van der Waals surface area (Å²) < 4.78 is 70.2. The van der Waals surface area contributed by atoms with E-state index in [4.69, 9.17) is 4.74 Å². The van der Waals surface area contributed by atoms with Crippen LogP contribution in [0.2, 0.25) is 0 Å². The molecule has 0 saturated carbocycles. The Morgan fingerprint density at radius 1 is 1.16 bits per heavy atom. The number of hydrogen-bond acceptors (Lipinski definition) is 3. The number of ether oxygens (including phenoxy) is 1. The summed E-state index contributed by atoms with van der Waals surface area (Å²) in [6.07, 6.45) is -3.33. The fourth-order valence-electron chi connectivity index (χ4n) is 2.74. The minimum Gasteiger partial charge on any atom is -0.487 e. The van der Waals surface area contributed by atoms with E-state index < -0.39 is 26.6 Å². The summed E-state index contributed by atoms with van der Waals surface area (Å²) in [7, 11) is 1.06. The first-order valence-electron chi connectivity index (χ1n) is 9.49. The van der Waals surface area contributed by atoms with Gasteiger partial charge in [-0.2, -0.15) is 22.0 Å². The maximum atomic E-state index is 13.3. The first-order valence-corrected chi connectivity index (χ1v) is 11.3. The molecule has 0 fully saturated rings. The van der Waals surface area contributed by atoms with Gasteiger partial charge < -0.3 is 10.1 Å². The highest BCUT2D eigenvalue weighted by Gasteiger charge is 2.28. The van der Waals surface area contributed by atoms with Gasteiger partial charge in [0.15, 0.2) is 0 Å². The van der Waals surface area contributed by atoms with Gasteiger partial charge in [-0.25, -0.2) is 0 Å². The van der Waals surface area contributed by atoms with E-state index in [9.17, 15) is 22.0 Å². The van der Waals surface area contributed by atoms with E-state index in [-0.39, 0.29) is 18.2 Å². The van der Waals surface area contributed by atoms with Crippen LogP contribution in [0, 0.1) is 6.92 Å². The van der Waals surface area contributed by atoms with Crippen molar-refractivity contribution < 1.29 is 26.7 Å². The van der Waals surface area contributed by atoms with Crippen LogP contribution in [0.4, 0.5) is 22.0 Å². The quantitative estimate of drug-likeness (QED) is 0.365. The summed E-state index contributed by atoms with van der Waals surface area (Å²) in [6, 6.07) is 8.55. The molecule has 0 spiro atoms. The third-order valence-corrected chi connectivity index (χ3v) is 6.05. The molecule has 10 heteroatoms. The van der Waals surface area contributed by atoms with Crippen LogP contribution >= 0.6 is 17.8 Å². The minimum absolute atomic E-state index is 0.138. The van der Waals surface area contributed by atoms with Crippen LogP contribution in [0.15, 0.2) is 48.2 Å². The molecule has 2 rings (SSSR count). The van der Waals surface area contributed by atoms with Crippen molar-refractivity contribution in [3.63, 3.8) is 0 Å². The lowest BCUT2D eigenvalue weighted by Gasteiger charge is -2.21. The summed E-state index contributed by atoms with van der Waals surface area (Å²) in [5.74, 6) is 0.424. The first-order chi connectivity index (χ1) is 14.4. The molecule has 2 aromatic rings. The van der Waals surface area contributed by atoms with Crippen LogP contribution in [-0.4, -0.2) is 23.9 Å². The van der Waals surface area contributed by atoms with Crippen LogP contribution < -0.4 is 15.4 Å². The van der Waals surface area contributed by atoms with Crippen molar-refractivity contribution in [1.82, 2.24) is 10.3 Å². The Balaban J connectivity index is 2.04. The van der Waals surface area contributed by atoms with Gasteiger partial charge in [0.1, 0.15) is 12.4 Å². The number of pyridine rings is 1. The van der Waals surface area contributed by atoms with Gasteiger partial charge >= 0.3 is 6.18 Å². The zero-order valence-electron chi connectivity index (χ0n) is 17.4. The second kappa shape index (κ2) is 10.7. The van der Waals surface area contributed by atoms with Crippen LogP contribution in [0.25, 0.3) is 0 Å². The van der Waals surface area contributed by atoms with Crippen LogP contribution in [0.1, 0.15) is 36.8 Å². The van der Waals surface area contributed by atoms with E-state index in [1.807, 2.05) is 6.92 Å². The van der Waals surface area contributed by atoms with Crippen molar-refractivity contribution in [2.75, 3.05) is 12.8 Å². The Morgan fingerprint density at radius 3 is 2.35 bits per heavy atom. The maximum absolute atomic E-state index is 13.3. The van der Waals surface area contributed by atoms with E-state index in [1.165, 1.54) is 33.5 Å². The van der Waals surface area contributed by atoms with Crippen LogP contribution in [0.3, 0.4) is 0 Å². The lowest BCUT2D eigenvalue weighted by Crippen LogP contribution is -2.27. The predicted molar refractivity (Wildman–Crippen MR) is 119 cm³/mol. The highest BCUT2D eigenvalue weighted by Crippen LogP contribution is 2.35. The molecule has 0 amide bonds. The highest BCUT2D eigenvalue weighted by molar-refractivity contribution is 7.47. The van der Waals surface area contributed by atoms with E-state index in [2.05, 4.69) is 10.3 Å². The monoisotopic (exact) mass is 478 g/mol. The van der Waals surface area contributed by atoms with Gasteiger partial charge in [-0.1, -0.05) is 30.0 Å². The number of nitrogens with one attached hydrogen (secondary N) is 1. The zero-order valence-corrected chi connectivity index (χ0v) is 19.5. The van der Waals surface area contributed by atoms with Crippen molar-refractivity contribution >= 4 is 23.1 Å². The number of alkyl halides is 5. The van der Waals surface area contributed by atoms with Crippen molar-refractivity contribution in [1.29, 1.82) is 0 Å². The van der Waals surface area contributed by atoms with Crippen molar-refractivity contribution in [3.8, 4) is 5.75 Å². The third-order valence-electron chi connectivity index (χ3n) is 4.34.